The highest BCUT2D eigenvalue weighted by molar-refractivity contribution is 14.0. The van der Waals surface area contributed by atoms with E-state index in [0.717, 1.165) is 24.3 Å². The Labute approximate surface area is 173 Å². The van der Waals surface area contributed by atoms with Gasteiger partial charge in [-0.15, -0.1) is 24.0 Å². The average molecular weight is 478 g/mol. The van der Waals surface area contributed by atoms with Crippen molar-refractivity contribution in [3.8, 4) is 5.75 Å². The Kier molecular flexibility index (Phi) is 11.8. The van der Waals surface area contributed by atoms with Crippen LogP contribution in [0.15, 0.2) is 29.3 Å². The van der Waals surface area contributed by atoms with Gasteiger partial charge in [-0.3, -0.25) is 4.99 Å². The molecule has 1 aromatic rings. The van der Waals surface area contributed by atoms with Crippen LogP contribution in [-0.2, 0) is 11.2 Å². The molecule has 0 fully saturated rings. The molecule has 1 aromatic carbocycles. The number of nitrogens with zero attached hydrogens (tertiary/aromatic N) is 1. The third-order valence-electron chi connectivity index (χ3n) is 3.19. The molecule has 148 valence electrons. The van der Waals surface area contributed by atoms with Crippen molar-refractivity contribution >= 4 is 36.0 Å². The fourth-order valence-corrected chi connectivity index (χ4v) is 2.11. The first kappa shape index (κ1) is 24.3. The lowest BCUT2D eigenvalue weighted by atomic mass is 10.1. The van der Waals surface area contributed by atoms with E-state index in [-0.39, 0.29) is 24.0 Å². The second-order valence-electron chi connectivity index (χ2n) is 6.42. The van der Waals surface area contributed by atoms with Crippen molar-refractivity contribution in [1.29, 1.82) is 0 Å². The minimum absolute atomic E-state index is 0. The van der Waals surface area contributed by atoms with Gasteiger partial charge in [0.15, 0.2) is 5.96 Å². The maximum absolute atomic E-state index is 11.5. The summed E-state index contributed by atoms with van der Waals surface area (Å²) >= 11 is 0. The molecule has 1 amide bonds. The molecular formula is C18H31IN4O3. The zero-order valence-corrected chi connectivity index (χ0v) is 18.5. The molecule has 0 spiro atoms. The molecule has 0 aromatic heterocycles. The van der Waals surface area contributed by atoms with Gasteiger partial charge in [-0.2, -0.15) is 0 Å². The van der Waals surface area contributed by atoms with Crippen LogP contribution in [0.2, 0.25) is 0 Å². The summed E-state index contributed by atoms with van der Waals surface area (Å²) in [5.74, 6) is 1.56. The van der Waals surface area contributed by atoms with Crippen molar-refractivity contribution in [2.45, 2.75) is 32.8 Å². The van der Waals surface area contributed by atoms with Gasteiger partial charge in [0.1, 0.15) is 11.4 Å². The normalized spacial score (nSPS) is 11.2. The highest BCUT2D eigenvalue weighted by Gasteiger charge is 2.15. The Morgan fingerprint density at radius 2 is 1.69 bits per heavy atom. The number of amides is 1. The lowest BCUT2D eigenvalue weighted by molar-refractivity contribution is 0.0529. The molecule has 0 aliphatic rings. The van der Waals surface area contributed by atoms with E-state index in [1.165, 1.54) is 0 Å². The Balaban J connectivity index is 0.00000625. The van der Waals surface area contributed by atoms with Crippen LogP contribution in [0.3, 0.4) is 0 Å². The summed E-state index contributed by atoms with van der Waals surface area (Å²) in [5.41, 5.74) is 0.646. The lowest BCUT2D eigenvalue weighted by Crippen LogP contribution is -2.43. The topological polar surface area (TPSA) is 84.0 Å². The number of nitrogens with one attached hydrogen (secondary N) is 3. The molecule has 0 heterocycles. The molecular weight excluding hydrogens is 447 g/mol. The third kappa shape index (κ3) is 10.3. The van der Waals surface area contributed by atoms with Crippen molar-refractivity contribution in [3.63, 3.8) is 0 Å². The SMILES string of the molecule is CN=C(NCCNC(=O)OC(C)(C)C)NCCc1ccccc1OC.I. The van der Waals surface area contributed by atoms with Crippen LogP contribution in [0.4, 0.5) is 4.79 Å². The van der Waals surface area contributed by atoms with E-state index in [9.17, 15) is 4.79 Å². The van der Waals surface area contributed by atoms with Crippen molar-refractivity contribution < 1.29 is 14.3 Å². The van der Waals surface area contributed by atoms with Gasteiger partial charge in [-0.1, -0.05) is 18.2 Å². The number of rotatable bonds is 7. The van der Waals surface area contributed by atoms with Crippen LogP contribution in [-0.4, -0.2) is 51.4 Å². The smallest absolute Gasteiger partial charge is 0.407 e. The standard InChI is InChI=1S/C18H30N4O3.HI/c1-18(2,3)25-17(23)22-13-12-21-16(19-4)20-11-10-14-8-6-7-9-15(14)24-5;/h6-9H,10-13H2,1-5H3,(H,22,23)(H2,19,20,21);1H. The maximum Gasteiger partial charge on any atom is 0.407 e. The first-order valence-corrected chi connectivity index (χ1v) is 8.39. The van der Waals surface area contributed by atoms with Crippen molar-refractivity contribution in [3.05, 3.63) is 29.8 Å². The van der Waals surface area contributed by atoms with Crippen LogP contribution in [0.25, 0.3) is 0 Å². The number of carbonyl (C=O) groups is 1. The molecule has 0 unspecified atom stereocenters. The van der Waals surface area contributed by atoms with Crippen molar-refractivity contribution in [2.75, 3.05) is 33.8 Å². The molecule has 0 atom stereocenters. The van der Waals surface area contributed by atoms with Crippen LogP contribution in [0.5, 0.6) is 5.75 Å². The van der Waals surface area contributed by atoms with Gasteiger partial charge in [-0.25, -0.2) is 4.79 Å². The second-order valence-corrected chi connectivity index (χ2v) is 6.42. The molecule has 0 saturated heterocycles. The number of aliphatic imine (C=N–C) groups is 1. The lowest BCUT2D eigenvalue weighted by Gasteiger charge is -2.20. The third-order valence-corrected chi connectivity index (χ3v) is 3.19. The first-order chi connectivity index (χ1) is 11.9. The van der Waals surface area contributed by atoms with Crippen LogP contribution < -0.4 is 20.7 Å². The van der Waals surface area contributed by atoms with Crippen LogP contribution in [0, 0.1) is 0 Å². The van der Waals surface area contributed by atoms with Crippen LogP contribution in [0.1, 0.15) is 26.3 Å². The summed E-state index contributed by atoms with van der Waals surface area (Å²) in [4.78, 5) is 15.7. The summed E-state index contributed by atoms with van der Waals surface area (Å²) in [6, 6.07) is 7.94. The van der Waals surface area contributed by atoms with Crippen LogP contribution >= 0.6 is 24.0 Å². The number of halogens is 1. The molecule has 26 heavy (non-hydrogen) atoms. The second kappa shape index (κ2) is 12.6. The minimum Gasteiger partial charge on any atom is -0.496 e. The van der Waals surface area contributed by atoms with E-state index in [0.29, 0.717) is 19.0 Å². The Bertz CT molecular complexity index is 574. The number of benzene rings is 1. The van der Waals surface area contributed by atoms with E-state index in [1.807, 2.05) is 45.0 Å². The van der Waals surface area contributed by atoms with E-state index in [2.05, 4.69) is 20.9 Å². The van der Waals surface area contributed by atoms with Gasteiger partial charge in [0.2, 0.25) is 0 Å². The molecule has 1 rings (SSSR count). The predicted octanol–water partition coefficient (Wildman–Crippen LogP) is 2.55. The van der Waals surface area contributed by atoms with E-state index >= 15 is 0 Å². The minimum atomic E-state index is -0.492. The van der Waals surface area contributed by atoms with Crippen molar-refractivity contribution in [1.82, 2.24) is 16.0 Å². The first-order valence-electron chi connectivity index (χ1n) is 8.39. The maximum atomic E-state index is 11.5. The number of para-hydroxylation sites is 1. The van der Waals surface area contributed by atoms with Gasteiger partial charge >= 0.3 is 6.09 Å². The number of hydrogen-bond acceptors (Lipinski definition) is 4. The Morgan fingerprint density at radius 1 is 1.08 bits per heavy atom. The molecule has 3 N–H and O–H groups in total. The van der Waals surface area contributed by atoms with Gasteiger partial charge < -0.3 is 25.4 Å². The highest BCUT2D eigenvalue weighted by atomic mass is 127. The Hall–Kier alpha value is -1.71. The van der Waals surface area contributed by atoms with Gasteiger partial charge in [0.25, 0.3) is 0 Å². The molecule has 0 aliphatic carbocycles. The summed E-state index contributed by atoms with van der Waals surface area (Å²) in [5, 5.41) is 9.07. The van der Waals surface area contributed by atoms with Crippen molar-refractivity contribution in [2.24, 2.45) is 4.99 Å². The van der Waals surface area contributed by atoms with E-state index in [4.69, 9.17) is 9.47 Å². The quantitative estimate of drug-likeness (QED) is 0.243. The molecule has 0 radical (unpaired) electrons. The molecule has 0 aliphatic heterocycles. The number of methoxy groups -OCH3 is 1. The molecule has 7 nitrogen and oxygen atoms in total. The largest absolute Gasteiger partial charge is 0.496 e. The van der Waals surface area contributed by atoms with E-state index < -0.39 is 11.7 Å². The number of guanidine groups is 1. The number of hydrogen-bond donors (Lipinski definition) is 3. The fraction of sp³-hybridized carbons (Fsp3) is 0.556. The molecule has 0 bridgehead atoms. The molecule has 8 heteroatoms. The number of ether oxygens (including phenoxy) is 2. The fourth-order valence-electron chi connectivity index (χ4n) is 2.11. The summed E-state index contributed by atoms with van der Waals surface area (Å²) < 4.78 is 10.5. The van der Waals surface area contributed by atoms with Gasteiger partial charge in [0, 0.05) is 26.7 Å². The highest BCUT2D eigenvalue weighted by Crippen LogP contribution is 2.17. The summed E-state index contributed by atoms with van der Waals surface area (Å²) in [7, 11) is 3.38. The Morgan fingerprint density at radius 3 is 2.31 bits per heavy atom. The van der Waals surface area contributed by atoms with E-state index in [1.54, 1.807) is 14.2 Å². The number of alkyl carbamates (subject to hydrolysis) is 1. The monoisotopic (exact) mass is 478 g/mol. The average Bonchev–Trinajstić information content (AvgIpc) is 2.55. The summed E-state index contributed by atoms with van der Waals surface area (Å²) in [6.45, 7) is 7.21. The zero-order valence-electron chi connectivity index (χ0n) is 16.2. The zero-order chi connectivity index (χ0) is 18.7. The summed E-state index contributed by atoms with van der Waals surface area (Å²) in [6.07, 6.45) is 0.398. The van der Waals surface area contributed by atoms with Gasteiger partial charge in [0.05, 0.1) is 7.11 Å². The predicted molar refractivity (Wildman–Crippen MR) is 116 cm³/mol. The molecule has 0 saturated carbocycles. The number of carbonyl (C=O) groups excluding carboxylic acids is 1. The van der Waals surface area contributed by atoms with Gasteiger partial charge in [-0.05, 0) is 38.8 Å².